The Kier molecular flexibility index (Phi) is 7.13. The molecule has 1 saturated carbocycles. The summed E-state index contributed by atoms with van der Waals surface area (Å²) in [7, 11) is -3.31. The van der Waals surface area contributed by atoms with Crippen molar-refractivity contribution in [3.8, 4) is 0 Å². The molecule has 1 aromatic carbocycles. The first kappa shape index (κ1) is 18.4. The third kappa shape index (κ3) is 6.34. The smallest absolute Gasteiger partial charge is 0.215 e. The number of nitrogens with one attached hydrogen (secondary N) is 1. The van der Waals surface area contributed by atoms with Crippen molar-refractivity contribution in [3.63, 3.8) is 0 Å². The minimum atomic E-state index is -3.31. The Balaban J connectivity index is 0.00000220. The second-order valence-corrected chi connectivity index (χ2v) is 7.65. The molecule has 0 bridgehead atoms. The summed E-state index contributed by atoms with van der Waals surface area (Å²) in [5, 5.41) is 0. The maximum Gasteiger partial charge on any atom is 0.215 e. The fourth-order valence-electron chi connectivity index (χ4n) is 2.71. The van der Waals surface area contributed by atoms with Gasteiger partial charge in [0, 0.05) is 12.1 Å². The average Bonchev–Trinajstić information content (AvgIpc) is 2.63. The summed E-state index contributed by atoms with van der Waals surface area (Å²) in [5.74, 6) is 0.0178. The summed E-state index contributed by atoms with van der Waals surface area (Å²) in [4.78, 5) is 0. The van der Waals surface area contributed by atoms with Gasteiger partial charge < -0.3 is 5.73 Å². The Morgan fingerprint density at radius 1 is 1.05 bits per heavy atom. The molecule has 1 aliphatic rings. The van der Waals surface area contributed by atoms with E-state index in [1.54, 1.807) is 0 Å². The number of hydrogen-bond donors (Lipinski definition) is 2. The Bertz CT molecular complexity index is 512. The molecule has 4 nitrogen and oxygen atoms in total. The van der Waals surface area contributed by atoms with Crippen LogP contribution in [0.15, 0.2) is 30.3 Å². The predicted octanol–water partition coefficient (Wildman–Crippen LogP) is 2.58. The van der Waals surface area contributed by atoms with Gasteiger partial charge in [0.15, 0.2) is 0 Å². The summed E-state index contributed by atoms with van der Waals surface area (Å²) in [6.07, 6.45) is 6.40. The molecule has 3 N–H and O–H groups in total. The topological polar surface area (TPSA) is 72.2 Å². The van der Waals surface area contributed by atoms with Gasteiger partial charge in [0.2, 0.25) is 10.0 Å². The highest BCUT2D eigenvalue weighted by atomic mass is 35.5. The van der Waals surface area contributed by atoms with E-state index < -0.39 is 10.0 Å². The quantitative estimate of drug-likeness (QED) is 0.814. The number of hydrogen-bond acceptors (Lipinski definition) is 3. The van der Waals surface area contributed by atoms with Gasteiger partial charge in [-0.1, -0.05) is 56.0 Å². The Morgan fingerprint density at radius 3 is 2.19 bits per heavy atom. The molecule has 120 valence electrons. The number of sulfonamides is 1. The van der Waals surface area contributed by atoms with Crippen molar-refractivity contribution in [2.24, 2.45) is 5.73 Å². The van der Waals surface area contributed by atoms with Crippen LogP contribution >= 0.6 is 12.4 Å². The van der Waals surface area contributed by atoms with Gasteiger partial charge >= 0.3 is 0 Å². The van der Waals surface area contributed by atoms with Crippen molar-refractivity contribution in [2.75, 3.05) is 6.54 Å². The van der Waals surface area contributed by atoms with E-state index in [0.29, 0.717) is 6.54 Å². The van der Waals surface area contributed by atoms with Crippen molar-refractivity contribution in [1.29, 1.82) is 0 Å². The van der Waals surface area contributed by atoms with Crippen LogP contribution in [0.1, 0.15) is 44.1 Å². The molecule has 0 atom stereocenters. The van der Waals surface area contributed by atoms with E-state index in [1.807, 2.05) is 30.3 Å². The van der Waals surface area contributed by atoms with Crippen LogP contribution in [0.5, 0.6) is 0 Å². The molecule has 1 aliphatic carbocycles. The maximum atomic E-state index is 12.1. The predicted molar refractivity (Wildman–Crippen MR) is 88.9 cm³/mol. The lowest BCUT2D eigenvalue weighted by atomic mass is 9.92. The fourth-order valence-corrected chi connectivity index (χ4v) is 3.95. The molecule has 0 amide bonds. The zero-order valence-electron chi connectivity index (χ0n) is 12.3. The van der Waals surface area contributed by atoms with E-state index in [4.69, 9.17) is 5.73 Å². The van der Waals surface area contributed by atoms with Gasteiger partial charge in [-0.2, -0.15) is 0 Å². The van der Waals surface area contributed by atoms with Crippen molar-refractivity contribution in [1.82, 2.24) is 4.72 Å². The van der Waals surface area contributed by atoms with Gasteiger partial charge in [-0.15, -0.1) is 12.4 Å². The molecule has 6 heteroatoms. The van der Waals surface area contributed by atoms with Gasteiger partial charge in [0.1, 0.15) is 0 Å². The van der Waals surface area contributed by atoms with Gasteiger partial charge in [-0.3, -0.25) is 0 Å². The van der Waals surface area contributed by atoms with E-state index >= 15 is 0 Å². The SMILES string of the molecule is Cl.NC1(CNS(=O)(=O)Cc2ccccc2)CCCCCC1. The number of halogens is 1. The molecule has 21 heavy (non-hydrogen) atoms. The number of benzene rings is 1. The van der Waals surface area contributed by atoms with Gasteiger partial charge in [0.05, 0.1) is 5.75 Å². The largest absolute Gasteiger partial charge is 0.324 e. The molecule has 0 spiro atoms. The van der Waals surface area contributed by atoms with E-state index in [-0.39, 0.29) is 23.7 Å². The molecule has 1 fully saturated rings. The summed E-state index contributed by atoms with van der Waals surface area (Å²) < 4.78 is 26.9. The van der Waals surface area contributed by atoms with Crippen LogP contribution in [0.4, 0.5) is 0 Å². The Hall–Kier alpha value is -0.620. The normalized spacial score (nSPS) is 18.5. The van der Waals surface area contributed by atoms with Crippen LogP contribution in [-0.2, 0) is 15.8 Å². The van der Waals surface area contributed by atoms with E-state index in [2.05, 4.69) is 4.72 Å². The third-order valence-electron chi connectivity index (χ3n) is 3.94. The lowest BCUT2D eigenvalue weighted by Gasteiger charge is -2.28. The van der Waals surface area contributed by atoms with Crippen LogP contribution in [0.25, 0.3) is 0 Å². The van der Waals surface area contributed by atoms with Crippen molar-refractivity contribution >= 4 is 22.4 Å². The van der Waals surface area contributed by atoms with Gasteiger partial charge in [-0.05, 0) is 18.4 Å². The van der Waals surface area contributed by atoms with Gasteiger partial charge in [0.25, 0.3) is 0 Å². The lowest BCUT2D eigenvalue weighted by Crippen LogP contribution is -2.49. The first-order valence-electron chi connectivity index (χ1n) is 7.29. The third-order valence-corrected chi connectivity index (χ3v) is 5.24. The number of nitrogens with two attached hydrogens (primary N) is 1. The summed E-state index contributed by atoms with van der Waals surface area (Å²) in [6.45, 7) is 0.349. The highest BCUT2D eigenvalue weighted by molar-refractivity contribution is 7.88. The molecular formula is C15H25ClN2O2S. The summed E-state index contributed by atoms with van der Waals surface area (Å²) in [6, 6.07) is 9.22. The second kappa shape index (κ2) is 8.13. The van der Waals surface area contributed by atoms with Crippen LogP contribution in [-0.4, -0.2) is 20.5 Å². The Labute approximate surface area is 134 Å². The molecule has 0 saturated heterocycles. The minimum Gasteiger partial charge on any atom is -0.324 e. The molecule has 0 heterocycles. The molecule has 0 radical (unpaired) electrons. The second-order valence-electron chi connectivity index (χ2n) is 5.84. The first-order valence-corrected chi connectivity index (χ1v) is 8.95. The maximum absolute atomic E-state index is 12.1. The zero-order chi connectivity index (χ0) is 14.5. The Morgan fingerprint density at radius 2 is 1.62 bits per heavy atom. The van der Waals surface area contributed by atoms with Crippen molar-refractivity contribution in [3.05, 3.63) is 35.9 Å². The molecule has 0 aliphatic heterocycles. The molecule has 2 rings (SSSR count). The van der Waals surface area contributed by atoms with Crippen LogP contribution in [0, 0.1) is 0 Å². The van der Waals surface area contributed by atoms with Crippen LogP contribution in [0.2, 0.25) is 0 Å². The molecule has 0 unspecified atom stereocenters. The minimum absolute atomic E-state index is 0. The first-order chi connectivity index (χ1) is 9.49. The van der Waals surface area contributed by atoms with Crippen LogP contribution < -0.4 is 10.5 Å². The zero-order valence-corrected chi connectivity index (χ0v) is 13.9. The highest BCUT2D eigenvalue weighted by Gasteiger charge is 2.27. The summed E-state index contributed by atoms with van der Waals surface area (Å²) in [5.41, 5.74) is 6.76. The standard InChI is InChI=1S/C15H24N2O2S.ClH/c16-15(10-6-1-2-7-11-15)13-17-20(18,19)12-14-8-4-3-5-9-14;/h3-5,8-9,17H,1-2,6-7,10-13,16H2;1H. The molecule has 1 aromatic rings. The van der Waals surface area contributed by atoms with Gasteiger partial charge in [-0.25, -0.2) is 13.1 Å². The lowest BCUT2D eigenvalue weighted by molar-refractivity contribution is 0.369. The van der Waals surface area contributed by atoms with Crippen molar-refractivity contribution in [2.45, 2.75) is 49.8 Å². The monoisotopic (exact) mass is 332 g/mol. The van der Waals surface area contributed by atoms with E-state index in [1.165, 1.54) is 12.8 Å². The highest BCUT2D eigenvalue weighted by Crippen LogP contribution is 2.24. The molecule has 0 aromatic heterocycles. The van der Waals surface area contributed by atoms with E-state index in [0.717, 1.165) is 31.2 Å². The van der Waals surface area contributed by atoms with E-state index in [9.17, 15) is 8.42 Å². The van der Waals surface area contributed by atoms with Crippen molar-refractivity contribution < 1.29 is 8.42 Å². The molecular weight excluding hydrogens is 308 g/mol. The average molecular weight is 333 g/mol. The fraction of sp³-hybridized carbons (Fsp3) is 0.600. The van der Waals surface area contributed by atoms with Crippen LogP contribution in [0.3, 0.4) is 0 Å². The summed E-state index contributed by atoms with van der Waals surface area (Å²) >= 11 is 0. The number of rotatable bonds is 5.